The molecule has 1 atom stereocenters. The van der Waals surface area contributed by atoms with Crippen molar-refractivity contribution < 1.29 is 33.0 Å². The van der Waals surface area contributed by atoms with E-state index in [0.717, 1.165) is 38.2 Å². The van der Waals surface area contributed by atoms with Gasteiger partial charge in [0, 0.05) is 12.5 Å². The number of rotatable bonds is 12. The number of hydrogen-bond acceptors (Lipinski definition) is 6. The van der Waals surface area contributed by atoms with Crippen LogP contribution in [0.3, 0.4) is 0 Å². The molecule has 0 saturated heterocycles. The van der Waals surface area contributed by atoms with E-state index in [1.54, 1.807) is 6.92 Å². The molecule has 0 fully saturated rings. The van der Waals surface area contributed by atoms with Gasteiger partial charge in [0.15, 0.2) is 0 Å². The van der Waals surface area contributed by atoms with Crippen LogP contribution in [0, 0.1) is 5.82 Å². The second kappa shape index (κ2) is 13.4. The Bertz CT molecular complexity index is 938. The van der Waals surface area contributed by atoms with E-state index in [0.29, 0.717) is 18.6 Å². The van der Waals surface area contributed by atoms with Crippen LogP contribution in [0.15, 0.2) is 42.5 Å². The molecule has 0 N–H and O–H groups in total. The average Bonchev–Trinajstić information content (AvgIpc) is 2.77. The van der Waals surface area contributed by atoms with Crippen LogP contribution >= 0.6 is 0 Å². The zero-order valence-corrected chi connectivity index (χ0v) is 19.4. The van der Waals surface area contributed by atoms with Crippen LogP contribution < -0.4 is 9.47 Å². The van der Waals surface area contributed by atoms with Crippen LogP contribution in [0.5, 0.6) is 11.5 Å². The molecule has 0 heterocycles. The van der Waals surface area contributed by atoms with Crippen LogP contribution in [0.2, 0.25) is 0 Å². The van der Waals surface area contributed by atoms with Gasteiger partial charge in [0.05, 0.1) is 17.2 Å². The SMILES string of the molecule is CCCCCCC(C)OC(=O)c1ccc(OC(=O)c2ccc(OC(=O)CCC)cc2)cc1F. The van der Waals surface area contributed by atoms with Crippen molar-refractivity contribution in [1.82, 2.24) is 0 Å². The zero-order valence-electron chi connectivity index (χ0n) is 19.4. The fourth-order valence-corrected chi connectivity index (χ4v) is 3.10. The van der Waals surface area contributed by atoms with Gasteiger partial charge < -0.3 is 14.2 Å². The van der Waals surface area contributed by atoms with E-state index in [1.165, 1.54) is 36.4 Å². The topological polar surface area (TPSA) is 78.9 Å². The number of carbonyl (C=O) groups excluding carboxylic acids is 3. The molecule has 0 aliphatic rings. The summed E-state index contributed by atoms with van der Waals surface area (Å²) in [5, 5.41) is 0. The predicted octanol–water partition coefficient (Wildman–Crippen LogP) is 6.27. The molecule has 0 aliphatic heterocycles. The first kappa shape index (κ1) is 26.0. The second-order valence-corrected chi connectivity index (χ2v) is 7.84. The predicted molar refractivity (Wildman–Crippen MR) is 122 cm³/mol. The van der Waals surface area contributed by atoms with Gasteiger partial charge in [-0.3, -0.25) is 4.79 Å². The molecule has 2 aromatic carbocycles. The first-order chi connectivity index (χ1) is 15.8. The number of esters is 3. The van der Waals surface area contributed by atoms with E-state index in [2.05, 4.69) is 6.92 Å². The summed E-state index contributed by atoms with van der Waals surface area (Å²) >= 11 is 0. The lowest BCUT2D eigenvalue weighted by molar-refractivity contribution is -0.134. The first-order valence-corrected chi connectivity index (χ1v) is 11.4. The van der Waals surface area contributed by atoms with Crippen molar-refractivity contribution in [3.63, 3.8) is 0 Å². The molecule has 1 unspecified atom stereocenters. The average molecular weight is 459 g/mol. The Balaban J connectivity index is 1.93. The highest BCUT2D eigenvalue weighted by atomic mass is 19.1. The van der Waals surface area contributed by atoms with Crippen molar-refractivity contribution in [3.05, 3.63) is 59.4 Å². The second-order valence-electron chi connectivity index (χ2n) is 7.84. The molecular weight excluding hydrogens is 427 g/mol. The van der Waals surface area contributed by atoms with Gasteiger partial charge in [0.1, 0.15) is 17.3 Å². The van der Waals surface area contributed by atoms with E-state index in [4.69, 9.17) is 14.2 Å². The summed E-state index contributed by atoms with van der Waals surface area (Å²) in [6.07, 6.45) is 5.66. The molecule has 2 rings (SSSR count). The Morgan fingerprint density at radius 1 is 0.848 bits per heavy atom. The summed E-state index contributed by atoms with van der Waals surface area (Å²) in [5.41, 5.74) is -0.0143. The quantitative estimate of drug-likeness (QED) is 0.212. The van der Waals surface area contributed by atoms with E-state index >= 15 is 0 Å². The minimum Gasteiger partial charge on any atom is -0.459 e. The number of hydrogen-bond donors (Lipinski definition) is 0. The normalized spacial score (nSPS) is 11.5. The van der Waals surface area contributed by atoms with Crippen molar-refractivity contribution in [2.45, 2.75) is 71.8 Å². The van der Waals surface area contributed by atoms with Gasteiger partial charge in [-0.2, -0.15) is 0 Å². The lowest BCUT2D eigenvalue weighted by Gasteiger charge is -2.14. The number of halogens is 1. The standard InChI is InChI=1S/C26H31FO6/c1-4-6-7-8-10-18(3)31-26(30)22-16-15-21(17-23(22)27)33-25(29)19-11-13-20(14-12-19)32-24(28)9-5-2/h11-18H,4-10H2,1-3H3. The fourth-order valence-electron chi connectivity index (χ4n) is 3.10. The van der Waals surface area contributed by atoms with Gasteiger partial charge in [-0.05, 0) is 62.6 Å². The zero-order chi connectivity index (χ0) is 24.2. The monoisotopic (exact) mass is 458 g/mol. The van der Waals surface area contributed by atoms with Gasteiger partial charge in [0.2, 0.25) is 0 Å². The summed E-state index contributed by atoms with van der Waals surface area (Å²) in [7, 11) is 0. The van der Waals surface area contributed by atoms with E-state index in [1.807, 2.05) is 6.92 Å². The third-order valence-corrected chi connectivity index (χ3v) is 4.92. The van der Waals surface area contributed by atoms with Gasteiger partial charge in [-0.15, -0.1) is 0 Å². The lowest BCUT2D eigenvalue weighted by atomic mass is 10.1. The van der Waals surface area contributed by atoms with Crippen molar-refractivity contribution >= 4 is 17.9 Å². The summed E-state index contributed by atoms with van der Waals surface area (Å²) in [5.74, 6) is -2.37. The summed E-state index contributed by atoms with van der Waals surface area (Å²) in [6.45, 7) is 5.78. The maximum atomic E-state index is 14.5. The van der Waals surface area contributed by atoms with Crippen molar-refractivity contribution in [3.8, 4) is 11.5 Å². The minimum absolute atomic E-state index is 0.0416. The van der Waals surface area contributed by atoms with Gasteiger partial charge in [-0.1, -0.05) is 33.1 Å². The molecule has 0 amide bonds. The van der Waals surface area contributed by atoms with Gasteiger partial charge in [0.25, 0.3) is 0 Å². The molecule has 7 heteroatoms. The van der Waals surface area contributed by atoms with Crippen molar-refractivity contribution in [1.29, 1.82) is 0 Å². The van der Waals surface area contributed by atoms with Crippen molar-refractivity contribution in [2.75, 3.05) is 0 Å². The third-order valence-electron chi connectivity index (χ3n) is 4.92. The van der Waals surface area contributed by atoms with Crippen LogP contribution in [0.25, 0.3) is 0 Å². The Labute approximate surface area is 194 Å². The third kappa shape index (κ3) is 8.67. The van der Waals surface area contributed by atoms with Crippen LogP contribution in [-0.4, -0.2) is 24.0 Å². The maximum Gasteiger partial charge on any atom is 0.343 e. The highest BCUT2D eigenvalue weighted by Gasteiger charge is 2.18. The van der Waals surface area contributed by atoms with E-state index in [-0.39, 0.29) is 28.9 Å². The number of unbranched alkanes of at least 4 members (excludes halogenated alkanes) is 3. The largest absolute Gasteiger partial charge is 0.459 e. The van der Waals surface area contributed by atoms with Gasteiger partial charge in [-0.25, -0.2) is 14.0 Å². The molecule has 2 aromatic rings. The van der Waals surface area contributed by atoms with Crippen LogP contribution in [0.1, 0.15) is 86.4 Å². The molecule has 0 aromatic heterocycles. The first-order valence-electron chi connectivity index (χ1n) is 11.4. The lowest BCUT2D eigenvalue weighted by Crippen LogP contribution is -2.16. The molecule has 0 bridgehead atoms. The number of benzene rings is 2. The minimum atomic E-state index is -0.832. The molecule has 0 radical (unpaired) electrons. The van der Waals surface area contributed by atoms with Crippen LogP contribution in [0.4, 0.5) is 4.39 Å². The Morgan fingerprint density at radius 2 is 1.55 bits per heavy atom. The Morgan fingerprint density at radius 3 is 2.18 bits per heavy atom. The van der Waals surface area contributed by atoms with E-state index in [9.17, 15) is 18.8 Å². The summed E-state index contributed by atoms with van der Waals surface area (Å²) in [4.78, 5) is 36.1. The molecule has 33 heavy (non-hydrogen) atoms. The molecule has 0 saturated carbocycles. The fraction of sp³-hybridized carbons (Fsp3) is 0.423. The molecule has 6 nitrogen and oxygen atoms in total. The molecular formula is C26H31FO6. The maximum absolute atomic E-state index is 14.5. The molecule has 178 valence electrons. The smallest absolute Gasteiger partial charge is 0.343 e. The Hall–Kier alpha value is -3.22. The Kier molecular flexibility index (Phi) is 10.5. The van der Waals surface area contributed by atoms with Crippen molar-refractivity contribution in [2.24, 2.45) is 0 Å². The summed E-state index contributed by atoms with van der Waals surface area (Å²) in [6, 6.07) is 9.40. The molecule has 0 spiro atoms. The van der Waals surface area contributed by atoms with Gasteiger partial charge >= 0.3 is 17.9 Å². The molecule has 0 aliphatic carbocycles. The number of ether oxygens (including phenoxy) is 3. The highest BCUT2D eigenvalue weighted by molar-refractivity contribution is 5.92. The number of carbonyl (C=O) groups is 3. The van der Waals surface area contributed by atoms with E-state index < -0.39 is 17.8 Å². The highest BCUT2D eigenvalue weighted by Crippen LogP contribution is 2.21. The van der Waals surface area contributed by atoms with Crippen LogP contribution in [-0.2, 0) is 9.53 Å². The summed E-state index contributed by atoms with van der Waals surface area (Å²) < 4.78 is 30.1.